The van der Waals surface area contributed by atoms with Crippen molar-refractivity contribution in [2.45, 2.75) is 44.4 Å². The summed E-state index contributed by atoms with van der Waals surface area (Å²) in [5.41, 5.74) is 0. The molecule has 7 nitrogen and oxygen atoms in total. The van der Waals surface area contributed by atoms with Gasteiger partial charge in [0.15, 0.2) is 0 Å². The maximum absolute atomic E-state index is 12.2. The summed E-state index contributed by atoms with van der Waals surface area (Å²) in [5.74, 6) is -1.29. The lowest BCUT2D eigenvalue weighted by atomic mass is 9.85. The second kappa shape index (κ2) is 7.09. The van der Waals surface area contributed by atoms with E-state index in [2.05, 4.69) is 5.32 Å². The quantitative estimate of drug-likeness (QED) is 0.779. The highest BCUT2D eigenvalue weighted by molar-refractivity contribution is 5.77. The molecule has 120 valence electrons. The van der Waals surface area contributed by atoms with E-state index in [0.717, 1.165) is 12.8 Å². The van der Waals surface area contributed by atoms with Crippen molar-refractivity contribution >= 4 is 12.0 Å². The maximum Gasteiger partial charge on any atom is 0.317 e. The third kappa shape index (κ3) is 3.65. The molecule has 2 rings (SSSR count). The Morgan fingerprint density at radius 2 is 2.19 bits per heavy atom. The molecule has 1 aliphatic carbocycles. The van der Waals surface area contributed by atoms with Gasteiger partial charge in [0.25, 0.3) is 0 Å². The molecule has 2 aliphatic rings. The van der Waals surface area contributed by atoms with Crippen molar-refractivity contribution < 1.29 is 24.2 Å². The van der Waals surface area contributed by atoms with Crippen LogP contribution in [0, 0.1) is 5.92 Å². The molecule has 21 heavy (non-hydrogen) atoms. The van der Waals surface area contributed by atoms with Gasteiger partial charge >= 0.3 is 12.0 Å². The average molecular weight is 300 g/mol. The van der Waals surface area contributed by atoms with Crippen molar-refractivity contribution in [3.8, 4) is 0 Å². The zero-order chi connectivity index (χ0) is 15.4. The molecule has 1 heterocycles. The summed E-state index contributed by atoms with van der Waals surface area (Å²) in [6, 6.07) is -0.271. The van der Waals surface area contributed by atoms with Crippen LogP contribution >= 0.6 is 0 Å². The van der Waals surface area contributed by atoms with E-state index < -0.39 is 11.9 Å². The lowest BCUT2D eigenvalue weighted by Crippen LogP contribution is -2.63. The fourth-order valence-corrected chi connectivity index (χ4v) is 3.03. The van der Waals surface area contributed by atoms with Crippen LogP contribution in [0.1, 0.15) is 26.2 Å². The molecule has 0 aromatic heterocycles. The van der Waals surface area contributed by atoms with Gasteiger partial charge in [0.1, 0.15) is 6.10 Å². The lowest BCUT2D eigenvalue weighted by Gasteiger charge is -2.44. The largest absolute Gasteiger partial charge is 0.481 e. The minimum Gasteiger partial charge on any atom is -0.481 e. The van der Waals surface area contributed by atoms with Crippen LogP contribution in [-0.4, -0.2) is 67.1 Å². The Balaban J connectivity index is 1.83. The van der Waals surface area contributed by atoms with E-state index >= 15 is 0 Å². The monoisotopic (exact) mass is 300 g/mol. The standard InChI is InChI=1S/C14H24N2O5/c1-3-21-11-7-10(12(11)20-2)15-14(19)16-6-4-5-9(8-16)13(17)18/h9-12H,3-8H2,1-2H3,(H,15,19)(H,17,18). The van der Waals surface area contributed by atoms with Crippen molar-refractivity contribution in [3.05, 3.63) is 0 Å². The van der Waals surface area contributed by atoms with Crippen LogP contribution in [0.3, 0.4) is 0 Å². The number of urea groups is 1. The predicted molar refractivity (Wildman–Crippen MR) is 75.1 cm³/mol. The lowest BCUT2D eigenvalue weighted by molar-refractivity contribution is -0.143. The molecule has 7 heteroatoms. The number of carbonyl (C=O) groups is 2. The molecule has 1 saturated heterocycles. The van der Waals surface area contributed by atoms with Crippen molar-refractivity contribution in [2.24, 2.45) is 5.92 Å². The predicted octanol–water partition coefficient (Wildman–Crippen LogP) is 0.685. The van der Waals surface area contributed by atoms with Gasteiger partial charge in [-0.15, -0.1) is 0 Å². The second-order valence-electron chi connectivity index (χ2n) is 5.61. The Morgan fingerprint density at radius 1 is 1.43 bits per heavy atom. The van der Waals surface area contributed by atoms with Gasteiger partial charge in [0, 0.05) is 26.8 Å². The number of likely N-dealkylation sites (tertiary alicyclic amines) is 1. The average Bonchev–Trinajstić information content (AvgIpc) is 2.46. The van der Waals surface area contributed by atoms with E-state index in [1.54, 1.807) is 12.0 Å². The van der Waals surface area contributed by atoms with Crippen LogP contribution in [-0.2, 0) is 14.3 Å². The third-order valence-corrected chi connectivity index (χ3v) is 4.27. The molecule has 0 spiro atoms. The van der Waals surface area contributed by atoms with Gasteiger partial charge in [-0.2, -0.15) is 0 Å². The minimum absolute atomic E-state index is 0.0263. The molecular weight excluding hydrogens is 276 g/mol. The van der Waals surface area contributed by atoms with Crippen LogP contribution in [0.4, 0.5) is 4.79 Å². The number of methoxy groups -OCH3 is 1. The highest BCUT2D eigenvalue weighted by atomic mass is 16.5. The van der Waals surface area contributed by atoms with Gasteiger partial charge in [0.2, 0.25) is 0 Å². The molecule has 2 amide bonds. The van der Waals surface area contributed by atoms with Crippen LogP contribution in [0.15, 0.2) is 0 Å². The van der Waals surface area contributed by atoms with E-state index in [4.69, 9.17) is 14.6 Å². The molecule has 2 N–H and O–H groups in total. The van der Waals surface area contributed by atoms with Crippen molar-refractivity contribution in [2.75, 3.05) is 26.8 Å². The van der Waals surface area contributed by atoms with E-state index in [9.17, 15) is 9.59 Å². The molecule has 0 aromatic rings. The second-order valence-corrected chi connectivity index (χ2v) is 5.61. The number of rotatable bonds is 5. The Hall–Kier alpha value is -1.34. The van der Waals surface area contributed by atoms with Gasteiger partial charge in [-0.25, -0.2) is 4.79 Å². The normalized spacial score (nSPS) is 32.4. The molecule has 0 radical (unpaired) electrons. The Bertz CT molecular complexity index is 390. The first kappa shape index (κ1) is 16.0. The summed E-state index contributed by atoms with van der Waals surface area (Å²) in [7, 11) is 1.61. The van der Waals surface area contributed by atoms with Crippen LogP contribution < -0.4 is 5.32 Å². The number of ether oxygens (including phenoxy) is 2. The fourth-order valence-electron chi connectivity index (χ4n) is 3.03. The number of nitrogens with one attached hydrogen (secondary N) is 1. The number of aliphatic carboxylic acids is 1. The number of piperidine rings is 1. The number of amides is 2. The van der Waals surface area contributed by atoms with Gasteiger partial charge in [0.05, 0.1) is 18.1 Å². The van der Waals surface area contributed by atoms with Crippen LogP contribution in [0.2, 0.25) is 0 Å². The van der Waals surface area contributed by atoms with E-state index in [1.807, 2.05) is 6.92 Å². The minimum atomic E-state index is -0.831. The Kier molecular flexibility index (Phi) is 5.41. The third-order valence-electron chi connectivity index (χ3n) is 4.27. The van der Waals surface area contributed by atoms with Crippen LogP contribution in [0.5, 0.6) is 0 Å². The van der Waals surface area contributed by atoms with E-state index in [-0.39, 0.29) is 30.8 Å². The highest BCUT2D eigenvalue weighted by Crippen LogP contribution is 2.27. The summed E-state index contributed by atoms with van der Waals surface area (Å²) in [4.78, 5) is 24.8. The van der Waals surface area contributed by atoms with Crippen molar-refractivity contribution in [1.29, 1.82) is 0 Å². The SMILES string of the molecule is CCOC1CC(NC(=O)N2CCCC(C(=O)O)C2)C1OC. The molecule has 1 aliphatic heterocycles. The molecule has 4 unspecified atom stereocenters. The molecule has 1 saturated carbocycles. The highest BCUT2D eigenvalue weighted by Gasteiger charge is 2.43. The van der Waals surface area contributed by atoms with Crippen molar-refractivity contribution in [3.63, 3.8) is 0 Å². The summed E-state index contributed by atoms with van der Waals surface area (Å²) in [5, 5.41) is 12.0. The first-order chi connectivity index (χ1) is 10.1. The zero-order valence-electron chi connectivity index (χ0n) is 12.6. The number of carbonyl (C=O) groups excluding carboxylic acids is 1. The van der Waals surface area contributed by atoms with Gasteiger partial charge in [-0.3, -0.25) is 4.79 Å². The van der Waals surface area contributed by atoms with E-state index in [0.29, 0.717) is 19.6 Å². The summed E-state index contributed by atoms with van der Waals surface area (Å²) < 4.78 is 10.9. The van der Waals surface area contributed by atoms with E-state index in [1.165, 1.54) is 0 Å². The van der Waals surface area contributed by atoms with Crippen molar-refractivity contribution in [1.82, 2.24) is 10.2 Å². The summed E-state index contributed by atoms with van der Waals surface area (Å²) >= 11 is 0. The molecule has 2 fully saturated rings. The molecular formula is C14H24N2O5. The topological polar surface area (TPSA) is 88.1 Å². The van der Waals surface area contributed by atoms with Gasteiger partial charge in [-0.05, 0) is 26.2 Å². The first-order valence-electron chi connectivity index (χ1n) is 7.49. The summed E-state index contributed by atoms with van der Waals surface area (Å²) in [6.07, 6.45) is 1.99. The maximum atomic E-state index is 12.2. The molecule has 0 bridgehead atoms. The van der Waals surface area contributed by atoms with Gasteiger partial charge in [-0.1, -0.05) is 0 Å². The van der Waals surface area contributed by atoms with Gasteiger partial charge < -0.3 is 24.8 Å². The number of carboxylic acid groups (broad SMARTS) is 1. The Morgan fingerprint density at radius 3 is 2.81 bits per heavy atom. The number of nitrogens with zero attached hydrogens (tertiary/aromatic N) is 1. The first-order valence-corrected chi connectivity index (χ1v) is 7.49. The number of hydrogen-bond donors (Lipinski definition) is 2. The summed E-state index contributed by atoms with van der Waals surface area (Å²) in [6.45, 7) is 3.44. The smallest absolute Gasteiger partial charge is 0.317 e. The number of carboxylic acids is 1. The Labute approximate surface area is 124 Å². The number of hydrogen-bond acceptors (Lipinski definition) is 4. The fraction of sp³-hybridized carbons (Fsp3) is 0.857. The zero-order valence-corrected chi connectivity index (χ0v) is 12.6. The molecule has 4 atom stereocenters. The molecule has 0 aromatic carbocycles. The van der Waals surface area contributed by atoms with Crippen LogP contribution in [0.25, 0.3) is 0 Å².